The Balaban J connectivity index is 1.43. The number of Topliss-reactive ketones (excluding diaryl/α,β-unsaturated/α-hetero) is 3. The molecule has 1 unspecified atom stereocenters. The minimum Gasteiger partial charge on any atom is -0.293 e. The first-order chi connectivity index (χ1) is 17.6. The number of fused-ring (bicyclic) bond motifs is 1. The number of hydrogen-bond donors (Lipinski definition) is 0. The van der Waals surface area contributed by atoms with E-state index in [0.29, 0.717) is 18.4 Å². The summed E-state index contributed by atoms with van der Waals surface area (Å²) in [6.07, 6.45) is 2.87. The molecule has 0 aromatic heterocycles. The van der Waals surface area contributed by atoms with Crippen LogP contribution in [0.2, 0.25) is 0 Å². The summed E-state index contributed by atoms with van der Waals surface area (Å²) in [5.41, 5.74) is 0.623. The van der Waals surface area contributed by atoms with Crippen LogP contribution in [-0.4, -0.2) is 23.5 Å². The van der Waals surface area contributed by atoms with E-state index in [-0.39, 0.29) is 11.3 Å². The van der Waals surface area contributed by atoms with E-state index in [1.54, 1.807) is 24.3 Å². The highest BCUT2D eigenvalue weighted by Crippen LogP contribution is 2.56. The summed E-state index contributed by atoms with van der Waals surface area (Å²) in [7, 11) is -1.96. The molecule has 178 valence electrons. The third kappa shape index (κ3) is 4.36. The van der Waals surface area contributed by atoms with Crippen molar-refractivity contribution in [1.82, 2.24) is 0 Å². The SMILES string of the molecule is O=C1C(=O)C(CCCC[P+](c2ccccc2)(c2ccccc2)c2ccccc2)C(=O)c2ccccc21. The molecular weight excluding hydrogens is 463 g/mol. The van der Waals surface area contributed by atoms with Gasteiger partial charge in [0.2, 0.25) is 11.6 Å². The molecule has 0 radical (unpaired) electrons. The minimum absolute atomic E-state index is 0.217. The molecule has 5 rings (SSSR count). The van der Waals surface area contributed by atoms with Crippen molar-refractivity contribution >= 4 is 40.5 Å². The van der Waals surface area contributed by atoms with Gasteiger partial charge in [0.25, 0.3) is 0 Å². The molecule has 1 aliphatic rings. The van der Waals surface area contributed by atoms with Crippen LogP contribution in [0.25, 0.3) is 0 Å². The third-order valence-electron chi connectivity index (χ3n) is 7.12. The molecule has 1 atom stereocenters. The maximum absolute atomic E-state index is 13.1. The molecular formula is C32H28O3P+. The maximum atomic E-state index is 13.1. The van der Waals surface area contributed by atoms with Gasteiger partial charge >= 0.3 is 0 Å². The summed E-state index contributed by atoms with van der Waals surface area (Å²) in [4.78, 5) is 38.5. The zero-order valence-corrected chi connectivity index (χ0v) is 20.9. The lowest BCUT2D eigenvalue weighted by Gasteiger charge is -2.28. The largest absolute Gasteiger partial charge is 0.293 e. The van der Waals surface area contributed by atoms with Crippen molar-refractivity contribution in [3.05, 3.63) is 126 Å². The Hall–Kier alpha value is -3.68. The maximum Gasteiger partial charge on any atom is 0.230 e. The zero-order chi connectivity index (χ0) is 25.0. The Bertz CT molecular complexity index is 1280. The van der Waals surface area contributed by atoms with Gasteiger partial charge in [0.05, 0.1) is 12.1 Å². The summed E-state index contributed by atoms with van der Waals surface area (Å²) in [5, 5.41) is 3.95. The van der Waals surface area contributed by atoms with Gasteiger partial charge in [0, 0.05) is 11.1 Å². The minimum atomic E-state index is -1.96. The number of benzene rings is 4. The van der Waals surface area contributed by atoms with E-state index in [1.807, 2.05) is 18.2 Å². The van der Waals surface area contributed by atoms with Crippen molar-refractivity contribution < 1.29 is 14.4 Å². The Morgan fingerprint density at radius 2 is 0.944 bits per heavy atom. The standard InChI is InChI=1S/C32H28O3P/c33-30-27-20-10-11-21-28(27)31(34)32(35)29(30)22-12-13-23-36(24-14-4-1-5-15-24,25-16-6-2-7-17-25)26-18-8-3-9-19-26/h1-11,14-21,29H,12-13,22-23H2/q+1. The van der Waals surface area contributed by atoms with Crippen molar-refractivity contribution in [3.63, 3.8) is 0 Å². The summed E-state index contributed by atoms with van der Waals surface area (Å²) in [6, 6.07) is 38.7. The number of carbonyl (C=O) groups excluding carboxylic acids is 3. The molecule has 0 aliphatic heterocycles. The van der Waals surface area contributed by atoms with Crippen LogP contribution in [0.1, 0.15) is 40.0 Å². The molecule has 0 fully saturated rings. The quantitative estimate of drug-likeness (QED) is 0.143. The Morgan fingerprint density at radius 1 is 0.500 bits per heavy atom. The monoisotopic (exact) mass is 491 g/mol. The van der Waals surface area contributed by atoms with Crippen LogP contribution in [0.15, 0.2) is 115 Å². The summed E-state index contributed by atoms with van der Waals surface area (Å²) < 4.78 is 0. The van der Waals surface area contributed by atoms with Crippen LogP contribution in [-0.2, 0) is 4.79 Å². The van der Waals surface area contributed by atoms with Crippen LogP contribution in [0.5, 0.6) is 0 Å². The molecule has 0 amide bonds. The van der Waals surface area contributed by atoms with Gasteiger partial charge in [-0.25, -0.2) is 0 Å². The van der Waals surface area contributed by atoms with Gasteiger partial charge in [0.1, 0.15) is 23.2 Å². The second-order valence-corrected chi connectivity index (χ2v) is 12.8. The van der Waals surface area contributed by atoms with Gasteiger partial charge < -0.3 is 0 Å². The Labute approximate surface area is 212 Å². The highest BCUT2D eigenvalue weighted by molar-refractivity contribution is 7.95. The first-order valence-electron chi connectivity index (χ1n) is 12.4. The second-order valence-electron chi connectivity index (χ2n) is 9.19. The zero-order valence-electron chi connectivity index (χ0n) is 20.0. The molecule has 0 N–H and O–H groups in total. The first-order valence-corrected chi connectivity index (χ1v) is 14.4. The lowest BCUT2D eigenvalue weighted by molar-refractivity contribution is -0.117. The smallest absolute Gasteiger partial charge is 0.230 e. The van der Waals surface area contributed by atoms with Crippen LogP contribution < -0.4 is 15.9 Å². The fraction of sp³-hybridized carbons (Fsp3) is 0.156. The molecule has 1 aliphatic carbocycles. The summed E-state index contributed by atoms with van der Waals surface area (Å²) >= 11 is 0. The average Bonchev–Trinajstić information content (AvgIpc) is 2.95. The Kier molecular flexibility index (Phi) is 7.02. The fourth-order valence-corrected chi connectivity index (χ4v) is 9.75. The number of carbonyl (C=O) groups is 3. The lowest BCUT2D eigenvalue weighted by atomic mass is 9.78. The number of hydrogen-bond acceptors (Lipinski definition) is 3. The van der Waals surface area contributed by atoms with E-state index in [9.17, 15) is 14.4 Å². The number of unbranched alkanes of at least 4 members (excludes halogenated alkanes) is 1. The van der Waals surface area contributed by atoms with E-state index in [0.717, 1.165) is 12.6 Å². The molecule has 3 nitrogen and oxygen atoms in total. The van der Waals surface area contributed by atoms with Gasteiger partial charge in [-0.15, -0.1) is 0 Å². The van der Waals surface area contributed by atoms with Crippen LogP contribution in [0, 0.1) is 5.92 Å². The Morgan fingerprint density at radius 3 is 1.44 bits per heavy atom. The third-order valence-corrected chi connectivity index (χ3v) is 11.6. The van der Waals surface area contributed by atoms with Crippen molar-refractivity contribution in [2.75, 3.05) is 6.16 Å². The summed E-state index contributed by atoms with van der Waals surface area (Å²) in [5.74, 6) is -2.18. The van der Waals surface area contributed by atoms with Gasteiger partial charge in [-0.2, -0.15) is 0 Å². The highest BCUT2D eigenvalue weighted by Gasteiger charge is 2.45. The number of rotatable bonds is 8. The number of ketones is 3. The average molecular weight is 492 g/mol. The summed E-state index contributed by atoms with van der Waals surface area (Å²) in [6.45, 7) is 0. The molecule has 0 saturated heterocycles. The molecule has 0 heterocycles. The predicted octanol–water partition coefficient (Wildman–Crippen LogP) is 5.42. The van der Waals surface area contributed by atoms with Crippen molar-refractivity contribution in [2.45, 2.75) is 19.3 Å². The molecule has 0 saturated carbocycles. The molecule has 4 aromatic carbocycles. The van der Waals surface area contributed by atoms with Crippen LogP contribution in [0.3, 0.4) is 0 Å². The van der Waals surface area contributed by atoms with E-state index in [2.05, 4.69) is 72.8 Å². The molecule has 0 spiro atoms. The predicted molar refractivity (Wildman–Crippen MR) is 147 cm³/mol. The topological polar surface area (TPSA) is 51.2 Å². The lowest BCUT2D eigenvalue weighted by Crippen LogP contribution is -2.37. The van der Waals surface area contributed by atoms with Gasteiger partial charge in [0.15, 0.2) is 5.78 Å². The van der Waals surface area contributed by atoms with Gasteiger partial charge in [-0.3, -0.25) is 14.4 Å². The van der Waals surface area contributed by atoms with Gasteiger partial charge in [-0.1, -0.05) is 78.9 Å². The molecule has 36 heavy (non-hydrogen) atoms. The van der Waals surface area contributed by atoms with Crippen LogP contribution >= 0.6 is 7.26 Å². The van der Waals surface area contributed by atoms with Crippen molar-refractivity contribution in [1.29, 1.82) is 0 Å². The van der Waals surface area contributed by atoms with E-state index in [4.69, 9.17) is 0 Å². The molecule has 0 bridgehead atoms. The molecule has 4 heteroatoms. The van der Waals surface area contributed by atoms with E-state index >= 15 is 0 Å². The first kappa shape index (κ1) is 24.0. The normalized spacial score (nSPS) is 15.6. The second kappa shape index (κ2) is 10.5. The van der Waals surface area contributed by atoms with Crippen molar-refractivity contribution in [3.8, 4) is 0 Å². The highest BCUT2D eigenvalue weighted by atomic mass is 31.2. The van der Waals surface area contributed by atoms with E-state index in [1.165, 1.54) is 15.9 Å². The van der Waals surface area contributed by atoms with Crippen LogP contribution in [0.4, 0.5) is 0 Å². The van der Waals surface area contributed by atoms with Crippen molar-refractivity contribution in [2.24, 2.45) is 5.92 Å². The van der Waals surface area contributed by atoms with Gasteiger partial charge in [-0.05, 0) is 55.7 Å². The molecule has 4 aromatic rings. The fourth-order valence-electron chi connectivity index (χ4n) is 5.34. The van der Waals surface area contributed by atoms with E-state index < -0.39 is 24.7 Å².